The van der Waals surface area contributed by atoms with E-state index in [1.165, 1.54) is 7.11 Å². The van der Waals surface area contributed by atoms with Crippen molar-refractivity contribution in [3.8, 4) is 0 Å². The quantitative estimate of drug-likeness (QED) is 0.826. The van der Waals surface area contributed by atoms with Gasteiger partial charge in [0.05, 0.1) is 18.8 Å². The van der Waals surface area contributed by atoms with Gasteiger partial charge >= 0.3 is 5.97 Å². The molecule has 0 amide bonds. The van der Waals surface area contributed by atoms with E-state index in [0.717, 1.165) is 19.3 Å². The Morgan fingerprint density at radius 2 is 2.39 bits per heavy atom. The maximum absolute atomic E-state index is 11.7. The second-order valence-corrected chi connectivity index (χ2v) is 4.31. The van der Waals surface area contributed by atoms with E-state index in [1.807, 2.05) is 6.92 Å². The molecule has 2 N–H and O–H groups in total. The molecule has 2 rings (SSSR count). The Morgan fingerprint density at radius 1 is 1.61 bits per heavy atom. The first-order valence-corrected chi connectivity index (χ1v) is 6.25. The lowest BCUT2D eigenvalue weighted by atomic mass is 10.0. The molecular formula is C12H19N3O3. The molecule has 0 saturated carbocycles. The minimum Gasteiger partial charge on any atom is -0.464 e. The van der Waals surface area contributed by atoms with Crippen LogP contribution < -0.4 is 5.73 Å². The molecule has 1 aliphatic heterocycles. The third-order valence-corrected chi connectivity index (χ3v) is 3.21. The van der Waals surface area contributed by atoms with Gasteiger partial charge in [-0.15, -0.1) is 0 Å². The van der Waals surface area contributed by atoms with Crippen LogP contribution in [0.1, 0.15) is 48.3 Å². The van der Waals surface area contributed by atoms with Gasteiger partial charge in [-0.25, -0.2) is 9.48 Å². The van der Waals surface area contributed by atoms with Crippen molar-refractivity contribution in [3.05, 3.63) is 11.3 Å². The highest BCUT2D eigenvalue weighted by Crippen LogP contribution is 2.34. The summed E-state index contributed by atoms with van der Waals surface area (Å²) in [5, 5.41) is 4.21. The van der Waals surface area contributed by atoms with Crippen molar-refractivity contribution in [3.63, 3.8) is 0 Å². The number of carbonyl (C=O) groups excluding carboxylic acids is 1. The van der Waals surface area contributed by atoms with E-state index in [2.05, 4.69) is 5.10 Å². The van der Waals surface area contributed by atoms with Crippen LogP contribution in [0.25, 0.3) is 0 Å². The number of hydrogen-bond donors (Lipinski definition) is 1. The Balaban J connectivity index is 2.41. The first kappa shape index (κ1) is 12.9. The summed E-state index contributed by atoms with van der Waals surface area (Å²) in [6.45, 7) is 3.24. The standard InChI is InChI=1S/C12H19N3O3/c1-3-15-11(13)9(8-6-4-5-7-18-8)10(14-15)12(16)17-2/h8H,3-7,13H2,1-2H3. The Labute approximate surface area is 106 Å². The van der Waals surface area contributed by atoms with Crippen LogP contribution in [0.4, 0.5) is 5.82 Å². The highest BCUT2D eigenvalue weighted by atomic mass is 16.5. The molecule has 18 heavy (non-hydrogen) atoms. The fourth-order valence-electron chi connectivity index (χ4n) is 2.26. The number of ether oxygens (including phenoxy) is 2. The second-order valence-electron chi connectivity index (χ2n) is 4.31. The average Bonchev–Trinajstić information content (AvgIpc) is 2.75. The van der Waals surface area contributed by atoms with Crippen molar-refractivity contribution >= 4 is 11.8 Å². The van der Waals surface area contributed by atoms with Gasteiger partial charge in [0.1, 0.15) is 5.82 Å². The van der Waals surface area contributed by atoms with Crippen LogP contribution in [-0.4, -0.2) is 29.5 Å². The summed E-state index contributed by atoms with van der Waals surface area (Å²) in [4.78, 5) is 11.7. The maximum atomic E-state index is 11.7. The molecule has 1 aliphatic rings. The molecule has 6 nitrogen and oxygen atoms in total. The van der Waals surface area contributed by atoms with Gasteiger partial charge in [0.2, 0.25) is 0 Å². The van der Waals surface area contributed by atoms with Crippen LogP contribution in [0.15, 0.2) is 0 Å². The lowest BCUT2D eigenvalue weighted by molar-refractivity contribution is 0.0140. The van der Waals surface area contributed by atoms with Gasteiger partial charge < -0.3 is 15.2 Å². The molecule has 1 atom stereocenters. The van der Waals surface area contributed by atoms with Crippen LogP contribution in [0.2, 0.25) is 0 Å². The zero-order valence-electron chi connectivity index (χ0n) is 10.8. The smallest absolute Gasteiger partial charge is 0.359 e. The van der Waals surface area contributed by atoms with E-state index in [1.54, 1.807) is 4.68 Å². The number of nitrogens with two attached hydrogens (primary N) is 1. The third-order valence-electron chi connectivity index (χ3n) is 3.21. The normalized spacial score (nSPS) is 19.8. The van der Waals surface area contributed by atoms with Gasteiger partial charge in [0, 0.05) is 13.2 Å². The van der Waals surface area contributed by atoms with Crippen LogP contribution >= 0.6 is 0 Å². The summed E-state index contributed by atoms with van der Waals surface area (Å²) in [6, 6.07) is 0. The fourth-order valence-corrected chi connectivity index (χ4v) is 2.26. The summed E-state index contributed by atoms with van der Waals surface area (Å²) in [5.41, 5.74) is 7.02. The summed E-state index contributed by atoms with van der Waals surface area (Å²) < 4.78 is 12.1. The van der Waals surface area contributed by atoms with Gasteiger partial charge in [0.15, 0.2) is 5.69 Å². The molecule has 2 heterocycles. The van der Waals surface area contributed by atoms with Gasteiger partial charge in [-0.3, -0.25) is 0 Å². The SMILES string of the molecule is CCn1nc(C(=O)OC)c(C2CCCCO2)c1N. The summed E-state index contributed by atoms with van der Waals surface area (Å²) >= 11 is 0. The number of esters is 1. The largest absolute Gasteiger partial charge is 0.464 e. The fraction of sp³-hybridized carbons (Fsp3) is 0.667. The Hall–Kier alpha value is -1.56. The van der Waals surface area contributed by atoms with Crippen molar-refractivity contribution in [2.45, 2.75) is 38.8 Å². The molecular weight excluding hydrogens is 234 g/mol. The third kappa shape index (κ3) is 2.20. The molecule has 6 heteroatoms. The lowest BCUT2D eigenvalue weighted by Crippen LogP contribution is -2.16. The van der Waals surface area contributed by atoms with E-state index < -0.39 is 5.97 Å². The number of hydrogen-bond acceptors (Lipinski definition) is 5. The topological polar surface area (TPSA) is 79.4 Å². The number of methoxy groups -OCH3 is 1. The molecule has 1 aromatic rings. The highest BCUT2D eigenvalue weighted by molar-refractivity contribution is 5.90. The number of nitrogens with zero attached hydrogens (tertiary/aromatic N) is 2. The molecule has 1 fully saturated rings. The molecule has 0 radical (unpaired) electrons. The average molecular weight is 253 g/mol. The molecule has 1 aromatic heterocycles. The van der Waals surface area contributed by atoms with Gasteiger partial charge in [-0.1, -0.05) is 0 Å². The van der Waals surface area contributed by atoms with Crippen LogP contribution in [0.3, 0.4) is 0 Å². The molecule has 1 unspecified atom stereocenters. The molecule has 0 aromatic carbocycles. The van der Waals surface area contributed by atoms with Gasteiger partial charge in [-0.05, 0) is 26.2 Å². The van der Waals surface area contributed by atoms with E-state index in [-0.39, 0.29) is 11.8 Å². The van der Waals surface area contributed by atoms with E-state index in [9.17, 15) is 4.79 Å². The number of carbonyl (C=O) groups is 1. The van der Waals surface area contributed by atoms with E-state index >= 15 is 0 Å². The number of nitrogen functional groups attached to an aromatic ring is 1. The molecule has 100 valence electrons. The van der Waals surface area contributed by atoms with Crippen molar-refractivity contribution in [2.24, 2.45) is 0 Å². The van der Waals surface area contributed by atoms with Crippen LogP contribution in [-0.2, 0) is 16.0 Å². The van der Waals surface area contributed by atoms with Crippen LogP contribution in [0, 0.1) is 0 Å². The predicted molar refractivity (Wildman–Crippen MR) is 66.2 cm³/mol. The summed E-state index contributed by atoms with van der Waals surface area (Å²) in [5.74, 6) is 0.0443. The maximum Gasteiger partial charge on any atom is 0.359 e. The Kier molecular flexibility index (Phi) is 3.86. The number of aryl methyl sites for hydroxylation is 1. The zero-order valence-corrected chi connectivity index (χ0v) is 10.8. The molecule has 0 bridgehead atoms. The van der Waals surface area contributed by atoms with Crippen molar-refractivity contribution < 1.29 is 14.3 Å². The Bertz CT molecular complexity index is 436. The van der Waals surface area contributed by atoms with E-state index in [0.29, 0.717) is 24.5 Å². The number of anilines is 1. The zero-order chi connectivity index (χ0) is 13.1. The van der Waals surface area contributed by atoms with Crippen molar-refractivity contribution in [1.29, 1.82) is 0 Å². The summed E-state index contributed by atoms with van der Waals surface area (Å²) in [6.07, 6.45) is 2.84. The second kappa shape index (κ2) is 5.39. The monoisotopic (exact) mass is 253 g/mol. The van der Waals surface area contributed by atoms with E-state index in [4.69, 9.17) is 15.2 Å². The van der Waals surface area contributed by atoms with Crippen LogP contribution in [0.5, 0.6) is 0 Å². The first-order valence-electron chi connectivity index (χ1n) is 6.25. The van der Waals surface area contributed by atoms with Gasteiger partial charge in [0.25, 0.3) is 0 Å². The first-order chi connectivity index (χ1) is 8.69. The lowest BCUT2D eigenvalue weighted by Gasteiger charge is -2.22. The minimum atomic E-state index is -0.460. The minimum absolute atomic E-state index is 0.145. The highest BCUT2D eigenvalue weighted by Gasteiger charge is 2.29. The van der Waals surface area contributed by atoms with Gasteiger partial charge in [-0.2, -0.15) is 5.10 Å². The molecule has 0 aliphatic carbocycles. The number of rotatable bonds is 3. The molecule has 1 saturated heterocycles. The number of aromatic nitrogens is 2. The summed E-state index contributed by atoms with van der Waals surface area (Å²) in [7, 11) is 1.34. The van der Waals surface area contributed by atoms with Crippen molar-refractivity contribution in [2.75, 3.05) is 19.5 Å². The predicted octanol–water partition coefficient (Wildman–Crippen LogP) is 1.51. The molecule has 0 spiro atoms. The van der Waals surface area contributed by atoms with Crippen molar-refractivity contribution in [1.82, 2.24) is 9.78 Å². The Morgan fingerprint density at radius 3 is 2.94 bits per heavy atom.